The Morgan fingerprint density at radius 2 is 1.85 bits per heavy atom. The molecule has 48 heavy (non-hydrogen) atoms. The summed E-state index contributed by atoms with van der Waals surface area (Å²) in [5, 5.41) is 6.19. The van der Waals surface area contributed by atoms with Crippen LogP contribution in [-0.4, -0.2) is 76.9 Å². The van der Waals surface area contributed by atoms with Crippen molar-refractivity contribution in [3.8, 4) is 0 Å². The second-order valence-electron chi connectivity index (χ2n) is 14.0. The Hall–Kier alpha value is -4.18. The lowest BCUT2D eigenvalue weighted by atomic mass is 9.87. The molecule has 2 aromatic carbocycles. The molecule has 3 heterocycles. The molecule has 3 amide bonds. The number of allylic oxidation sites excluding steroid dienone is 1. The van der Waals surface area contributed by atoms with Gasteiger partial charge in [0, 0.05) is 24.4 Å². The van der Waals surface area contributed by atoms with Gasteiger partial charge in [0.15, 0.2) is 0 Å². The summed E-state index contributed by atoms with van der Waals surface area (Å²) in [6.45, 7) is 3.55. The van der Waals surface area contributed by atoms with Crippen molar-refractivity contribution in [2.75, 3.05) is 26.2 Å². The van der Waals surface area contributed by atoms with Crippen LogP contribution < -0.4 is 10.6 Å². The fourth-order valence-electron chi connectivity index (χ4n) is 7.22. The van der Waals surface area contributed by atoms with Gasteiger partial charge in [-0.25, -0.2) is 13.8 Å². The Bertz CT molecular complexity index is 1740. The minimum atomic E-state index is -1.35. The third-order valence-corrected chi connectivity index (χ3v) is 10.3. The van der Waals surface area contributed by atoms with E-state index in [1.807, 2.05) is 6.92 Å². The lowest BCUT2D eigenvalue weighted by molar-refractivity contribution is -0.138. The Balaban J connectivity index is 1.02. The van der Waals surface area contributed by atoms with Crippen LogP contribution in [0, 0.1) is 11.7 Å². The van der Waals surface area contributed by atoms with Crippen LogP contribution >= 0.6 is 0 Å². The maximum Gasteiger partial charge on any atom is 0.270 e. The standard InChI is InChI=1S/C38H43F2N5O3/c1-23(32-18-26(9-8-25(32)7-6-24-4-5-24)28-3-2-16-44(21-28)31-12-13-31)42-38(48)35-19-30(40)22-45(35)36(46)20-41-37(47)34-14-10-27-17-29(39)11-15-33(27)43-34/h6-11,14-15,17-18,23-24,28,30-31,35H,2-5,12-13,16,19-22H2,1H3,(H,41,47)(H,42,48)/b7-6+/t23-,28?,30+,35-/m0/s1. The predicted octanol–water partition coefficient (Wildman–Crippen LogP) is 5.69. The van der Waals surface area contributed by atoms with Gasteiger partial charge in [0.2, 0.25) is 11.8 Å². The van der Waals surface area contributed by atoms with Crippen LogP contribution in [0.5, 0.6) is 0 Å². The number of amides is 3. The Kier molecular flexibility index (Phi) is 9.27. The minimum absolute atomic E-state index is 0.0667. The van der Waals surface area contributed by atoms with Crippen LogP contribution in [0.4, 0.5) is 8.78 Å². The van der Waals surface area contributed by atoms with E-state index in [4.69, 9.17) is 0 Å². The number of fused-ring (bicyclic) bond motifs is 1. The van der Waals surface area contributed by atoms with E-state index in [0.29, 0.717) is 22.7 Å². The molecule has 4 aliphatic rings. The van der Waals surface area contributed by atoms with Crippen molar-refractivity contribution in [1.82, 2.24) is 25.4 Å². The van der Waals surface area contributed by atoms with E-state index in [9.17, 15) is 23.2 Å². The molecule has 2 aliphatic carbocycles. The molecule has 2 N–H and O–H groups in total. The number of halogens is 2. The van der Waals surface area contributed by atoms with E-state index < -0.39 is 42.3 Å². The molecule has 2 saturated heterocycles. The van der Waals surface area contributed by atoms with Crippen molar-refractivity contribution in [3.05, 3.63) is 82.8 Å². The summed E-state index contributed by atoms with van der Waals surface area (Å²) in [4.78, 5) is 47.8. The maximum absolute atomic E-state index is 14.7. The highest BCUT2D eigenvalue weighted by atomic mass is 19.1. The topological polar surface area (TPSA) is 94.6 Å². The summed E-state index contributed by atoms with van der Waals surface area (Å²) >= 11 is 0. The number of alkyl halides is 1. The average molecular weight is 656 g/mol. The summed E-state index contributed by atoms with van der Waals surface area (Å²) in [6.07, 6.45) is 10.3. The summed E-state index contributed by atoms with van der Waals surface area (Å²) in [5.41, 5.74) is 3.87. The van der Waals surface area contributed by atoms with Gasteiger partial charge in [-0.1, -0.05) is 36.4 Å². The third kappa shape index (κ3) is 7.43. The largest absolute Gasteiger partial charge is 0.348 e. The molecule has 8 nitrogen and oxygen atoms in total. The fraction of sp³-hybridized carbons (Fsp3) is 0.474. The van der Waals surface area contributed by atoms with Crippen LogP contribution in [-0.2, 0) is 9.59 Å². The van der Waals surface area contributed by atoms with Gasteiger partial charge in [-0.15, -0.1) is 0 Å². The summed E-state index contributed by atoms with van der Waals surface area (Å²) in [5.74, 6) is -0.909. The van der Waals surface area contributed by atoms with Gasteiger partial charge in [0.25, 0.3) is 5.91 Å². The fourth-order valence-corrected chi connectivity index (χ4v) is 7.22. The highest BCUT2D eigenvalue weighted by molar-refractivity contribution is 5.97. The zero-order chi connectivity index (χ0) is 33.4. The molecule has 252 valence electrons. The Morgan fingerprint density at radius 1 is 1.02 bits per heavy atom. The lowest BCUT2D eigenvalue weighted by Gasteiger charge is -2.33. The van der Waals surface area contributed by atoms with Crippen LogP contribution in [0.1, 0.15) is 91.0 Å². The zero-order valence-electron chi connectivity index (χ0n) is 27.3. The van der Waals surface area contributed by atoms with E-state index in [-0.39, 0.29) is 24.7 Å². The zero-order valence-corrected chi connectivity index (χ0v) is 27.3. The van der Waals surface area contributed by atoms with E-state index in [1.54, 1.807) is 6.07 Å². The number of hydrogen-bond donors (Lipinski definition) is 2. The van der Waals surface area contributed by atoms with E-state index in [2.05, 4.69) is 50.9 Å². The maximum atomic E-state index is 14.7. The Labute approximate surface area is 280 Å². The molecule has 1 unspecified atom stereocenters. The first-order valence-corrected chi connectivity index (χ1v) is 17.4. The van der Waals surface area contributed by atoms with Crippen molar-refractivity contribution < 1.29 is 23.2 Å². The number of piperidine rings is 1. The van der Waals surface area contributed by atoms with Gasteiger partial charge in [0.1, 0.15) is 23.7 Å². The molecule has 7 rings (SSSR count). The third-order valence-electron chi connectivity index (χ3n) is 10.3. The molecule has 2 saturated carbocycles. The van der Waals surface area contributed by atoms with Crippen LogP contribution in [0.15, 0.2) is 54.6 Å². The summed E-state index contributed by atoms with van der Waals surface area (Å²) < 4.78 is 28.2. The molecule has 2 aliphatic heterocycles. The normalized spacial score (nSPS) is 23.8. The average Bonchev–Trinajstić information content (AvgIpc) is 4.04. The van der Waals surface area contributed by atoms with Crippen LogP contribution in [0.2, 0.25) is 0 Å². The smallest absolute Gasteiger partial charge is 0.270 e. The van der Waals surface area contributed by atoms with Crippen LogP contribution in [0.25, 0.3) is 17.0 Å². The minimum Gasteiger partial charge on any atom is -0.348 e. The summed E-state index contributed by atoms with van der Waals surface area (Å²) in [6, 6.07) is 13.1. The highest BCUT2D eigenvalue weighted by Crippen LogP contribution is 2.37. The van der Waals surface area contributed by atoms with Gasteiger partial charge in [0.05, 0.1) is 24.6 Å². The summed E-state index contributed by atoms with van der Waals surface area (Å²) in [7, 11) is 0. The number of carbonyl (C=O) groups is 3. The molecule has 3 aromatic rings. The lowest BCUT2D eigenvalue weighted by Crippen LogP contribution is -2.49. The van der Waals surface area contributed by atoms with Crippen molar-refractivity contribution >= 4 is 34.7 Å². The van der Waals surface area contributed by atoms with E-state index in [1.165, 1.54) is 73.4 Å². The molecule has 4 fully saturated rings. The quantitative estimate of drug-likeness (QED) is 0.293. The highest BCUT2D eigenvalue weighted by Gasteiger charge is 2.40. The molecule has 4 atom stereocenters. The number of rotatable bonds is 10. The molecular weight excluding hydrogens is 612 g/mol. The molecule has 0 radical (unpaired) electrons. The van der Waals surface area contributed by atoms with Crippen molar-refractivity contribution in [2.24, 2.45) is 5.92 Å². The van der Waals surface area contributed by atoms with Crippen molar-refractivity contribution in [2.45, 2.75) is 82.1 Å². The molecule has 10 heteroatoms. The first kappa shape index (κ1) is 32.4. The number of pyridine rings is 1. The number of nitrogens with zero attached hydrogens (tertiary/aromatic N) is 3. The molecule has 0 spiro atoms. The monoisotopic (exact) mass is 655 g/mol. The van der Waals surface area contributed by atoms with Crippen molar-refractivity contribution in [1.29, 1.82) is 0 Å². The second-order valence-corrected chi connectivity index (χ2v) is 14.0. The number of carbonyl (C=O) groups excluding carboxylic acids is 3. The van der Waals surface area contributed by atoms with Crippen LogP contribution in [0.3, 0.4) is 0 Å². The molecule has 0 bridgehead atoms. The Morgan fingerprint density at radius 3 is 2.65 bits per heavy atom. The number of nitrogens with one attached hydrogen (secondary N) is 2. The van der Waals surface area contributed by atoms with Gasteiger partial charge in [-0.2, -0.15) is 0 Å². The first-order chi connectivity index (χ1) is 23.2. The molecule has 1 aromatic heterocycles. The predicted molar refractivity (Wildman–Crippen MR) is 180 cm³/mol. The van der Waals surface area contributed by atoms with E-state index in [0.717, 1.165) is 30.1 Å². The van der Waals surface area contributed by atoms with Gasteiger partial charge in [-0.3, -0.25) is 19.3 Å². The van der Waals surface area contributed by atoms with E-state index >= 15 is 0 Å². The first-order valence-electron chi connectivity index (χ1n) is 17.4. The number of likely N-dealkylation sites (tertiary alicyclic amines) is 2. The number of hydrogen-bond acceptors (Lipinski definition) is 5. The number of benzene rings is 2. The molecular formula is C38H43F2N5O3. The van der Waals surface area contributed by atoms with Gasteiger partial charge in [-0.05, 0) is 105 Å². The van der Waals surface area contributed by atoms with Crippen molar-refractivity contribution in [3.63, 3.8) is 0 Å². The van der Waals surface area contributed by atoms with Gasteiger partial charge < -0.3 is 15.5 Å². The van der Waals surface area contributed by atoms with Gasteiger partial charge >= 0.3 is 0 Å². The number of aromatic nitrogens is 1. The second kappa shape index (κ2) is 13.7. The SMILES string of the molecule is C[C@H](NC(=O)[C@@H]1C[C@@H](F)CN1C(=O)CNC(=O)c1ccc2cc(F)ccc2n1)c1cc(C2CCCN(C3CC3)C2)ccc1/C=C/C1CC1.